The van der Waals surface area contributed by atoms with E-state index in [2.05, 4.69) is 26.1 Å². The van der Waals surface area contributed by atoms with Gasteiger partial charge in [-0.25, -0.2) is 8.78 Å². The summed E-state index contributed by atoms with van der Waals surface area (Å²) in [7, 11) is 1.57. The van der Waals surface area contributed by atoms with Gasteiger partial charge in [0.1, 0.15) is 17.9 Å². The molecule has 48 heavy (non-hydrogen) atoms. The molecule has 1 saturated heterocycles. The van der Waals surface area contributed by atoms with Crippen LogP contribution in [0.3, 0.4) is 0 Å². The highest BCUT2D eigenvalue weighted by Crippen LogP contribution is 2.27. The topological polar surface area (TPSA) is 153 Å². The van der Waals surface area contributed by atoms with Gasteiger partial charge in [0.05, 0.1) is 56.8 Å². The van der Waals surface area contributed by atoms with E-state index in [0.29, 0.717) is 45.1 Å². The number of carbonyl (C=O) groups excluding carboxylic acids is 3. The Morgan fingerprint density at radius 3 is 2.10 bits per heavy atom. The highest BCUT2D eigenvalue weighted by Gasteiger charge is 2.30. The molecule has 1 aromatic heterocycles. The molecule has 0 radical (unpaired) electrons. The third-order valence-corrected chi connectivity index (χ3v) is 7.53. The monoisotopic (exact) mass is 687 g/mol. The zero-order valence-corrected chi connectivity index (χ0v) is 26.9. The molecular formula is C33H36ClF2N5O7. The average Bonchev–Trinajstić information content (AvgIpc) is 3.74. The summed E-state index contributed by atoms with van der Waals surface area (Å²) in [5, 5.41) is 16.7. The number of benzene rings is 3. The van der Waals surface area contributed by atoms with Crippen molar-refractivity contribution in [1.82, 2.24) is 26.1 Å². The number of H-pyrrole nitrogens is 1. The fourth-order valence-corrected chi connectivity index (χ4v) is 5.02. The number of hydrogen-bond acceptors (Lipinski definition) is 9. The number of ether oxygens (including phenoxy) is 4. The second-order valence-corrected chi connectivity index (χ2v) is 10.7. The van der Waals surface area contributed by atoms with Gasteiger partial charge < -0.3 is 34.9 Å². The smallest absolute Gasteiger partial charge is 0.251 e. The molecule has 5 rings (SSSR count). The molecule has 4 aromatic rings. The highest BCUT2D eigenvalue weighted by molar-refractivity contribution is 6.11. The second-order valence-electron chi connectivity index (χ2n) is 10.7. The van der Waals surface area contributed by atoms with Gasteiger partial charge in [0.25, 0.3) is 11.8 Å². The molecule has 0 aliphatic carbocycles. The third kappa shape index (κ3) is 9.11. The Morgan fingerprint density at radius 2 is 1.42 bits per heavy atom. The summed E-state index contributed by atoms with van der Waals surface area (Å²) >= 11 is 0. The number of methoxy groups -OCH3 is 1. The summed E-state index contributed by atoms with van der Waals surface area (Å²) in [5.41, 5.74) is 0.895. The van der Waals surface area contributed by atoms with Crippen molar-refractivity contribution in [2.75, 3.05) is 59.8 Å². The van der Waals surface area contributed by atoms with Crippen molar-refractivity contribution in [1.29, 1.82) is 0 Å². The summed E-state index contributed by atoms with van der Waals surface area (Å²) < 4.78 is 50.2. The van der Waals surface area contributed by atoms with Gasteiger partial charge in [-0.05, 0) is 36.4 Å². The van der Waals surface area contributed by atoms with Crippen LogP contribution in [0.4, 0.5) is 8.78 Å². The van der Waals surface area contributed by atoms with Crippen LogP contribution in [0.1, 0.15) is 36.6 Å². The van der Waals surface area contributed by atoms with Gasteiger partial charge in [-0.15, -0.1) is 12.4 Å². The van der Waals surface area contributed by atoms with Crippen LogP contribution >= 0.6 is 12.4 Å². The van der Waals surface area contributed by atoms with Gasteiger partial charge >= 0.3 is 0 Å². The van der Waals surface area contributed by atoms with Gasteiger partial charge in [0.15, 0.2) is 17.4 Å². The van der Waals surface area contributed by atoms with E-state index in [1.54, 1.807) is 31.5 Å². The van der Waals surface area contributed by atoms with Crippen LogP contribution in [0.15, 0.2) is 60.8 Å². The largest absolute Gasteiger partial charge is 0.490 e. The number of aromatic nitrogens is 2. The highest BCUT2D eigenvalue weighted by atomic mass is 35.5. The molecule has 2 amide bonds. The summed E-state index contributed by atoms with van der Waals surface area (Å²) in [6, 6.07) is 12.0. The van der Waals surface area contributed by atoms with E-state index in [9.17, 15) is 23.2 Å². The van der Waals surface area contributed by atoms with Gasteiger partial charge in [-0.1, -0.05) is 18.2 Å². The second kappa shape index (κ2) is 17.6. The molecule has 3 aromatic carbocycles. The number of nitrogens with one attached hydrogen (secondary N) is 4. The Bertz CT molecular complexity index is 1710. The lowest BCUT2D eigenvalue weighted by atomic mass is 10.00. The summed E-state index contributed by atoms with van der Waals surface area (Å²) in [4.78, 5) is 39.3. The Labute approximate surface area is 281 Å². The third-order valence-electron chi connectivity index (χ3n) is 7.53. The Kier molecular flexibility index (Phi) is 13.3. The number of carbonyl (C=O) groups is 3. The standard InChI is InChI=1S/C33H35F2N5O7.ClH/c1-44-10-11-45-12-13-46-14-15-47-28-9-8-24(34)30(35)29(28)31(41)20-2-4-21(5-3-20)32(42)38-26-18-36-19-27(26)39-33(43)22-6-7-23-17-37-40-25(23)16-22;/h2-9,16-17,26-27,36H,10-15,18-19H2,1H3,(H,37,40)(H,38,42)(H,39,43);1H/t26-,27-;/m1./s1. The van der Waals surface area contributed by atoms with Crippen LogP contribution in [0.5, 0.6) is 5.75 Å². The van der Waals surface area contributed by atoms with E-state index >= 15 is 0 Å². The van der Waals surface area contributed by atoms with Crippen molar-refractivity contribution in [3.8, 4) is 5.75 Å². The molecule has 1 fully saturated rings. The molecule has 0 saturated carbocycles. The van der Waals surface area contributed by atoms with Crippen LogP contribution in [-0.4, -0.2) is 99.7 Å². The summed E-state index contributed by atoms with van der Waals surface area (Å²) in [5.74, 6) is -4.21. The molecule has 2 atom stereocenters. The summed E-state index contributed by atoms with van der Waals surface area (Å²) in [6.45, 7) is 2.56. The first-order valence-corrected chi connectivity index (χ1v) is 15.0. The first-order chi connectivity index (χ1) is 22.9. The van der Waals surface area contributed by atoms with E-state index in [1.165, 1.54) is 30.3 Å². The fraction of sp³-hybridized carbons (Fsp3) is 0.333. The number of aromatic amines is 1. The van der Waals surface area contributed by atoms with Crippen LogP contribution in [-0.2, 0) is 14.2 Å². The first kappa shape index (κ1) is 36.4. The van der Waals surface area contributed by atoms with Crippen LogP contribution in [0.25, 0.3) is 10.9 Å². The molecule has 12 nitrogen and oxygen atoms in total. The van der Waals surface area contributed by atoms with Crippen molar-refractivity contribution >= 4 is 40.9 Å². The van der Waals surface area contributed by atoms with E-state index < -0.39 is 34.9 Å². The quantitative estimate of drug-likeness (QED) is 0.103. The average molecular weight is 688 g/mol. The minimum absolute atomic E-state index is 0. The number of amides is 2. The molecule has 0 bridgehead atoms. The molecule has 0 spiro atoms. The maximum absolute atomic E-state index is 14.9. The zero-order chi connectivity index (χ0) is 33.2. The number of hydrogen-bond donors (Lipinski definition) is 4. The predicted octanol–water partition coefficient (Wildman–Crippen LogP) is 3.05. The molecule has 1 aliphatic rings. The van der Waals surface area contributed by atoms with E-state index in [4.69, 9.17) is 18.9 Å². The molecule has 256 valence electrons. The Hall–Kier alpha value is -4.47. The Morgan fingerprint density at radius 1 is 0.812 bits per heavy atom. The molecule has 4 N–H and O–H groups in total. The van der Waals surface area contributed by atoms with Gasteiger partial charge in [0, 0.05) is 42.3 Å². The lowest BCUT2D eigenvalue weighted by Crippen LogP contribution is -2.51. The minimum Gasteiger partial charge on any atom is -0.490 e. The van der Waals surface area contributed by atoms with Gasteiger partial charge in [0.2, 0.25) is 0 Å². The lowest BCUT2D eigenvalue weighted by molar-refractivity contribution is 0.0179. The van der Waals surface area contributed by atoms with Gasteiger partial charge in [-0.2, -0.15) is 5.10 Å². The number of rotatable bonds is 16. The van der Waals surface area contributed by atoms with E-state index in [0.717, 1.165) is 17.0 Å². The van der Waals surface area contributed by atoms with Crippen molar-refractivity contribution in [3.63, 3.8) is 0 Å². The maximum Gasteiger partial charge on any atom is 0.251 e. The van der Waals surface area contributed by atoms with E-state index in [-0.39, 0.29) is 54.4 Å². The molecule has 15 heteroatoms. The van der Waals surface area contributed by atoms with Crippen molar-refractivity contribution in [2.24, 2.45) is 0 Å². The first-order valence-electron chi connectivity index (χ1n) is 15.0. The van der Waals surface area contributed by atoms with Crippen molar-refractivity contribution in [2.45, 2.75) is 12.1 Å². The fourth-order valence-electron chi connectivity index (χ4n) is 5.02. The molecule has 1 aliphatic heterocycles. The molecular weight excluding hydrogens is 652 g/mol. The maximum atomic E-state index is 14.9. The van der Waals surface area contributed by atoms with Crippen LogP contribution in [0.2, 0.25) is 0 Å². The zero-order valence-electron chi connectivity index (χ0n) is 26.1. The van der Waals surface area contributed by atoms with E-state index in [1.807, 2.05) is 0 Å². The summed E-state index contributed by atoms with van der Waals surface area (Å²) in [6.07, 6.45) is 1.67. The molecule has 2 heterocycles. The van der Waals surface area contributed by atoms with Crippen LogP contribution in [0, 0.1) is 11.6 Å². The van der Waals surface area contributed by atoms with Gasteiger partial charge in [-0.3, -0.25) is 19.5 Å². The SMILES string of the molecule is COCCOCCOCCOc1ccc(F)c(F)c1C(=O)c1ccc(C(=O)N[C@@H]2CNC[C@H]2NC(=O)c2ccc3cn[nH]c3c2)cc1.Cl. The lowest BCUT2D eigenvalue weighted by Gasteiger charge is -2.21. The minimum atomic E-state index is -1.34. The number of nitrogens with zero attached hydrogens (tertiary/aromatic N) is 1. The normalized spacial score (nSPS) is 15.6. The number of ketones is 1. The predicted molar refractivity (Wildman–Crippen MR) is 174 cm³/mol. The van der Waals surface area contributed by atoms with Crippen molar-refractivity contribution < 1.29 is 42.1 Å². The number of halogens is 3. The number of fused-ring (bicyclic) bond motifs is 1. The van der Waals surface area contributed by atoms with Crippen LogP contribution < -0.4 is 20.7 Å². The molecule has 0 unspecified atom stereocenters. The van der Waals surface area contributed by atoms with Crippen molar-refractivity contribution in [3.05, 3.63) is 94.7 Å². The Balaban J connectivity index is 0.00000520.